The summed E-state index contributed by atoms with van der Waals surface area (Å²) in [5.41, 5.74) is 3.24. The predicted octanol–water partition coefficient (Wildman–Crippen LogP) is 4.86. The van der Waals surface area contributed by atoms with Gasteiger partial charge in [0.25, 0.3) is 5.91 Å². The van der Waals surface area contributed by atoms with E-state index in [0.717, 1.165) is 4.47 Å². The average Bonchev–Trinajstić information content (AvgIpc) is 2.79. The third kappa shape index (κ3) is 6.57. The fraction of sp³-hybridized carbons (Fsp3) is 0.0870. The van der Waals surface area contributed by atoms with E-state index in [-0.39, 0.29) is 17.9 Å². The van der Waals surface area contributed by atoms with E-state index in [0.29, 0.717) is 22.1 Å². The molecular formula is C23H18BrClN2O5. The molecule has 3 rings (SSSR count). The molecule has 0 fully saturated rings. The molecule has 7 nitrogen and oxygen atoms in total. The lowest BCUT2D eigenvalue weighted by atomic mass is 10.2. The van der Waals surface area contributed by atoms with E-state index in [2.05, 4.69) is 26.5 Å². The van der Waals surface area contributed by atoms with Gasteiger partial charge >= 0.3 is 5.97 Å². The van der Waals surface area contributed by atoms with Crippen LogP contribution in [0.3, 0.4) is 0 Å². The van der Waals surface area contributed by atoms with Gasteiger partial charge in [-0.25, -0.2) is 10.2 Å². The SMILES string of the molecule is COc1cc(/C=N\NC(=O)COc2ccc(Br)cc2)ccc1OC(=O)c1ccccc1Cl. The number of nitrogens with one attached hydrogen (secondary N) is 1. The lowest BCUT2D eigenvalue weighted by Gasteiger charge is -2.10. The number of amides is 1. The van der Waals surface area contributed by atoms with Gasteiger partial charge in [-0.2, -0.15) is 5.10 Å². The second-order valence-corrected chi connectivity index (χ2v) is 7.64. The van der Waals surface area contributed by atoms with Gasteiger partial charge in [0.15, 0.2) is 18.1 Å². The number of rotatable bonds is 8. The maximum atomic E-state index is 12.4. The van der Waals surface area contributed by atoms with E-state index in [1.807, 2.05) is 12.1 Å². The average molecular weight is 518 g/mol. The molecule has 0 atom stereocenters. The van der Waals surface area contributed by atoms with Crippen molar-refractivity contribution in [3.8, 4) is 17.2 Å². The number of hydrazone groups is 1. The second-order valence-electron chi connectivity index (χ2n) is 6.32. The molecule has 0 saturated carbocycles. The number of esters is 1. The highest BCUT2D eigenvalue weighted by atomic mass is 79.9. The number of halogens is 2. The third-order valence-electron chi connectivity index (χ3n) is 4.07. The summed E-state index contributed by atoms with van der Waals surface area (Å²) in [4.78, 5) is 24.2. The quantitative estimate of drug-likeness (QED) is 0.200. The minimum absolute atomic E-state index is 0.181. The molecule has 0 saturated heterocycles. The molecule has 3 aromatic carbocycles. The third-order valence-corrected chi connectivity index (χ3v) is 4.93. The molecule has 1 amide bonds. The lowest BCUT2D eigenvalue weighted by Crippen LogP contribution is -2.24. The Morgan fingerprint density at radius 1 is 1.06 bits per heavy atom. The molecule has 0 unspecified atom stereocenters. The van der Waals surface area contributed by atoms with E-state index in [1.165, 1.54) is 13.3 Å². The normalized spacial score (nSPS) is 10.6. The minimum atomic E-state index is -0.603. The van der Waals surface area contributed by atoms with Crippen LogP contribution in [0, 0.1) is 0 Å². The van der Waals surface area contributed by atoms with Crippen LogP contribution in [-0.2, 0) is 4.79 Å². The number of carbonyl (C=O) groups excluding carboxylic acids is 2. The minimum Gasteiger partial charge on any atom is -0.493 e. The molecule has 0 aliphatic carbocycles. The van der Waals surface area contributed by atoms with Crippen LogP contribution in [0.15, 0.2) is 76.3 Å². The van der Waals surface area contributed by atoms with E-state index in [4.69, 9.17) is 25.8 Å². The van der Waals surface area contributed by atoms with Crippen LogP contribution in [0.25, 0.3) is 0 Å². The number of hydrogen-bond donors (Lipinski definition) is 1. The summed E-state index contributed by atoms with van der Waals surface area (Å²) in [5.74, 6) is 0.0922. The number of ether oxygens (including phenoxy) is 3. The van der Waals surface area contributed by atoms with Crippen molar-refractivity contribution in [3.63, 3.8) is 0 Å². The van der Waals surface area contributed by atoms with Gasteiger partial charge in [-0.3, -0.25) is 4.79 Å². The fourth-order valence-electron chi connectivity index (χ4n) is 2.52. The second kappa shape index (κ2) is 11.3. The van der Waals surface area contributed by atoms with Crippen molar-refractivity contribution in [1.29, 1.82) is 0 Å². The zero-order chi connectivity index (χ0) is 22.9. The molecule has 0 bridgehead atoms. The van der Waals surface area contributed by atoms with Crippen molar-refractivity contribution in [2.24, 2.45) is 5.10 Å². The Bertz CT molecular complexity index is 1140. The van der Waals surface area contributed by atoms with Crippen molar-refractivity contribution >= 4 is 45.6 Å². The first-order valence-electron chi connectivity index (χ1n) is 9.31. The Balaban J connectivity index is 1.57. The van der Waals surface area contributed by atoms with Crippen LogP contribution in [0.5, 0.6) is 17.2 Å². The molecule has 164 valence electrons. The number of benzene rings is 3. The zero-order valence-electron chi connectivity index (χ0n) is 16.9. The Labute approximate surface area is 198 Å². The van der Waals surface area contributed by atoms with Crippen LogP contribution < -0.4 is 19.6 Å². The number of hydrogen-bond acceptors (Lipinski definition) is 6. The van der Waals surface area contributed by atoms with E-state index >= 15 is 0 Å². The lowest BCUT2D eigenvalue weighted by molar-refractivity contribution is -0.123. The Kier molecular flexibility index (Phi) is 8.24. The highest BCUT2D eigenvalue weighted by molar-refractivity contribution is 9.10. The van der Waals surface area contributed by atoms with Gasteiger partial charge in [-0.1, -0.05) is 39.7 Å². The molecule has 0 aliphatic heterocycles. The summed E-state index contributed by atoms with van der Waals surface area (Å²) in [5, 5.41) is 4.19. The smallest absolute Gasteiger partial charge is 0.345 e. The Hall–Kier alpha value is -3.36. The highest BCUT2D eigenvalue weighted by Crippen LogP contribution is 2.29. The first-order valence-corrected chi connectivity index (χ1v) is 10.5. The van der Waals surface area contributed by atoms with E-state index in [9.17, 15) is 9.59 Å². The monoisotopic (exact) mass is 516 g/mol. The van der Waals surface area contributed by atoms with E-state index < -0.39 is 11.9 Å². The topological polar surface area (TPSA) is 86.2 Å². The molecule has 0 aliphatic rings. The molecule has 0 spiro atoms. The number of nitrogens with zero attached hydrogens (tertiary/aromatic N) is 1. The van der Waals surface area contributed by atoms with Crippen molar-refractivity contribution in [1.82, 2.24) is 5.43 Å². The van der Waals surface area contributed by atoms with Crippen molar-refractivity contribution in [3.05, 3.63) is 87.4 Å². The Morgan fingerprint density at radius 2 is 1.81 bits per heavy atom. The zero-order valence-corrected chi connectivity index (χ0v) is 19.2. The molecule has 1 N–H and O–H groups in total. The molecule has 0 heterocycles. The van der Waals surface area contributed by atoms with Crippen molar-refractivity contribution in [2.75, 3.05) is 13.7 Å². The van der Waals surface area contributed by atoms with Gasteiger partial charge in [0.1, 0.15) is 5.75 Å². The van der Waals surface area contributed by atoms with Gasteiger partial charge in [0, 0.05) is 4.47 Å². The van der Waals surface area contributed by atoms with Crippen molar-refractivity contribution < 1.29 is 23.8 Å². The summed E-state index contributed by atoms with van der Waals surface area (Å²) >= 11 is 9.36. The van der Waals surface area contributed by atoms with E-state index in [1.54, 1.807) is 54.6 Å². The number of carbonyl (C=O) groups is 2. The van der Waals surface area contributed by atoms with Crippen LogP contribution in [0.2, 0.25) is 5.02 Å². The first kappa shape index (κ1) is 23.3. The van der Waals surface area contributed by atoms with Crippen LogP contribution >= 0.6 is 27.5 Å². The summed E-state index contributed by atoms with van der Waals surface area (Å²) < 4.78 is 17.0. The Morgan fingerprint density at radius 3 is 2.53 bits per heavy atom. The number of methoxy groups -OCH3 is 1. The summed E-state index contributed by atoms with van der Waals surface area (Å²) in [6.07, 6.45) is 1.43. The summed E-state index contributed by atoms with van der Waals surface area (Å²) in [6, 6.07) is 18.5. The van der Waals surface area contributed by atoms with Crippen LogP contribution in [0.4, 0.5) is 0 Å². The maximum Gasteiger partial charge on any atom is 0.345 e. The molecule has 32 heavy (non-hydrogen) atoms. The molecular weight excluding hydrogens is 500 g/mol. The first-order chi connectivity index (χ1) is 15.5. The molecule has 9 heteroatoms. The maximum absolute atomic E-state index is 12.4. The molecule has 0 aromatic heterocycles. The predicted molar refractivity (Wildman–Crippen MR) is 125 cm³/mol. The highest BCUT2D eigenvalue weighted by Gasteiger charge is 2.15. The summed E-state index contributed by atoms with van der Waals surface area (Å²) in [7, 11) is 1.45. The van der Waals surface area contributed by atoms with Gasteiger partial charge in [0.2, 0.25) is 0 Å². The van der Waals surface area contributed by atoms with Crippen LogP contribution in [0.1, 0.15) is 15.9 Å². The largest absolute Gasteiger partial charge is 0.493 e. The molecule has 0 radical (unpaired) electrons. The van der Waals surface area contributed by atoms with Gasteiger partial charge in [0.05, 0.1) is 23.9 Å². The van der Waals surface area contributed by atoms with Crippen LogP contribution in [-0.4, -0.2) is 31.8 Å². The van der Waals surface area contributed by atoms with Gasteiger partial charge in [-0.15, -0.1) is 0 Å². The van der Waals surface area contributed by atoms with Gasteiger partial charge in [-0.05, 0) is 60.2 Å². The van der Waals surface area contributed by atoms with Gasteiger partial charge < -0.3 is 14.2 Å². The standard InChI is InChI=1S/C23H18BrClN2O5/c1-30-21-12-15(6-11-20(21)32-23(29)18-4-2-3-5-19(18)25)13-26-27-22(28)14-31-17-9-7-16(24)8-10-17/h2-13H,14H2,1H3,(H,27,28)/b26-13-. The fourth-order valence-corrected chi connectivity index (χ4v) is 3.00. The molecule has 3 aromatic rings. The summed E-state index contributed by atoms with van der Waals surface area (Å²) in [6.45, 7) is -0.181. The van der Waals surface area contributed by atoms with Crippen molar-refractivity contribution in [2.45, 2.75) is 0 Å².